The molecule has 1 aliphatic heterocycles. The fourth-order valence-electron chi connectivity index (χ4n) is 2.28. The number of ether oxygens (including phenoxy) is 2. The first kappa shape index (κ1) is 15.1. The van der Waals surface area contributed by atoms with E-state index >= 15 is 0 Å². The molecule has 1 aromatic rings. The summed E-state index contributed by atoms with van der Waals surface area (Å²) in [5.41, 5.74) is 1.12. The van der Waals surface area contributed by atoms with Gasteiger partial charge in [-0.15, -0.1) is 0 Å². The van der Waals surface area contributed by atoms with Crippen LogP contribution in [0.4, 0.5) is 0 Å². The van der Waals surface area contributed by atoms with Crippen LogP contribution in [0.25, 0.3) is 0 Å². The van der Waals surface area contributed by atoms with Gasteiger partial charge in [0.25, 0.3) is 0 Å². The lowest BCUT2D eigenvalue weighted by molar-refractivity contribution is -0.0501. The standard InChI is InChI=1S/C14H19BrClNO2/c1-10-9-19-13(6-15)8-17(10)7-11-5-12(16)3-4-14(11)18-2/h3-5,10,13H,6-9H2,1-2H3. The average molecular weight is 349 g/mol. The highest BCUT2D eigenvalue weighted by Gasteiger charge is 2.26. The van der Waals surface area contributed by atoms with Crippen molar-refractivity contribution in [2.24, 2.45) is 0 Å². The second-order valence-corrected chi connectivity index (χ2v) is 5.93. The Kier molecular flexibility index (Phi) is 5.51. The fourth-order valence-corrected chi connectivity index (χ4v) is 2.86. The van der Waals surface area contributed by atoms with Crippen molar-refractivity contribution in [3.8, 4) is 5.75 Å². The molecule has 2 atom stereocenters. The Labute approximate surface area is 128 Å². The van der Waals surface area contributed by atoms with Gasteiger partial charge in [-0.05, 0) is 25.1 Å². The van der Waals surface area contributed by atoms with E-state index in [-0.39, 0.29) is 6.10 Å². The van der Waals surface area contributed by atoms with Gasteiger partial charge < -0.3 is 9.47 Å². The minimum Gasteiger partial charge on any atom is -0.496 e. The SMILES string of the molecule is COc1ccc(Cl)cc1CN1CC(CBr)OCC1C. The molecule has 0 spiro atoms. The molecule has 1 fully saturated rings. The Morgan fingerprint density at radius 2 is 2.32 bits per heavy atom. The van der Waals surface area contributed by atoms with Crippen molar-refractivity contribution in [3.63, 3.8) is 0 Å². The van der Waals surface area contributed by atoms with E-state index in [0.717, 1.165) is 41.4 Å². The van der Waals surface area contributed by atoms with Crippen LogP contribution in [0.3, 0.4) is 0 Å². The van der Waals surface area contributed by atoms with Crippen LogP contribution in [0.15, 0.2) is 18.2 Å². The molecule has 0 bridgehead atoms. The van der Waals surface area contributed by atoms with Gasteiger partial charge in [-0.1, -0.05) is 27.5 Å². The number of morpholine rings is 1. The summed E-state index contributed by atoms with van der Waals surface area (Å²) in [4.78, 5) is 2.41. The predicted molar refractivity (Wildman–Crippen MR) is 81.4 cm³/mol. The van der Waals surface area contributed by atoms with Crippen molar-refractivity contribution in [2.45, 2.75) is 25.6 Å². The van der Waals surface area contributed by atoms with Crippen LogP contribution in [-0.4, -0.2) is 42.6 Å². The molecule has 2 unspecified atom stereocenters. The van der Waals surface area contributed by atoms with Gasteiger partial charge >= 0.3 is 0 Å². The van der Waals surface area contributed by atoms with Crippen molar-refractivity contribution >= 4 is 27.5 Å². The quantitative estimate of drug-likeness (QED) is 0.779. The molecule has 1 heterocycles. The van der Waals surface area contributed by atoms with E-state index in [1.54, 1.807) is 7.11 Å². The maximum atomic E-state index is 6.08. The van der Waals surface area contributed by atoms with Crippen LogP contribution >= 0.6 is 27.5 Å². The van der Waals surface area contributed by atoms with Gasteiger partial charge in [-0.3, -0.25) is 4.90 Å². The van der Waals surface area contributed by atoms with E-state index in [1.165, 1.54) is 0 Å². The second-order valence-electron chi connectivity index (χ2n) is 4.84. The normalized spacial score (nSPS) is 24.4. The zero-order valence-electron chi connectivity index (χ0n) is 11.2. The van der Waals surface area contributed by atoms with Crippen molar-refractivity contribution in [1.82, 2.24) is 4.90 Å². The number of methoxy groups -OCH3 is 1. The van der Waals surface area contributed by atoms with Crippen LogP contribution in [0.2, 0.25) is 5.02 Å². The van der Waals surface area contributed by atoms with Gasteiger partial charge in [0.15, 0.2) is 0 Å². The van der Waals surface area contributed by atoms with Crippen LogP contribution in [0.1, 0.15) is 12.5 Å². The van der Waals surface area contributed by atoms with Crippen LogP contribution < -0.4 is 4.74 Å². The van der Waals surface area contributed by atoms with Crippen LogP contribution in [-0.2, 0) is 11.3 Å². The molecule has 106 valence electrons. The van der Waals surface area contributed by atoms with E-state index in [2.05, 4.69) is 27.8 Å². The van der Waals surface area contributed by atoms with Crippen molar-refractivity contribution in [1.29, 1.82) is 0 Å². The first-order valence-corrected chi connectivity index (χ1v) is 7.88. The minimum absolute atomic E-state index is 0.251. The first-order valence-electron chi connectivity index (χ1n) is 6.38. The largest absolute Gasteiger partial charge is 0.496 e. The van der Waals surface area contributed by atoms with Crippen LogP contribution in [0, 0.1) is 0 Å². The molecule has 3 nitrogen and oxygen atoms in total. The summed E-state index contributed by atoms with van der Waals surface area (Å²) in [6.45, 7) is 4.69. The van der Waals surface area contributed by atoms with Crippen molar-refractivity contribution < 1.29 is 9.47 Å². The molecule has 5 heteroatoms. The summed E-state index contributed by atoms with van der Waals surface area (Å²) in [5.74, 6) is 0.887. The molecule has 0 amide bonds. The minimum atomic E-state index is 0.251. The van der Waals surface area contributed by atoms with Gasteiger partial charge in [0.2, 0.25) is 0 Å². The van der Waals surface area contributed by atoms with E-state index in [4.69, 9.17) is 21.1 Å². The Morgan fingerprint density at radius 1 is 1.53 bits per heavy atom. The van der Waals surface area contributed by atoms with E-state index in [0.29, 0.717) is 6.04 Å². The zero-order chi connectivity index (χ0) is 13.8. The molecule has 0 saturated carbocycles. The Bertz CT molecular complexity index is 430. The number of halogens is 2. The molecule has 0 N–H and O–H groups in total. The molecule has 1 saturated heterocycles. The van der Waals surface area contributed by atoms with E-state index in [9.17, 15) is 0 Å². The Balaban J connectivity index is 2.12. The first-order chi connectivity index (χ1) is 9.13. The summed E-state index contributed by atoms with van der Waals surface area (Å²) < 4.78 is 11.1. The third-order valence-corrected chi connectivity index (χ3v) is 4.38. The molecular formula is C14H19BrClNO2. The highest BCUT2D eigenvalue weighted by atomic mass is 79.9. The molecule has 1 aliphatic rings. The van der Waals surface area contributed by atoms with Gasteiger partial charge in [0.05, 0.1) is 19.8 Å². The molecular weight excluding hydrogens is 330 g/mol. The maximum absolute atomic E-state index is 6.08. The topological polar surface area (TPSA) is 21.7 Å². The fraction of sp³-hybridized carbons (Fsp3) is 0.571. The molecule has 0 aliphatic carbocycles. The maximum Gasteiger partial charge on any atom is 0.123 e. The highest BCUT2D eigenvalue weighted by Crippen LogP contribution is 2.26. The smallest absolute Gasteiger partial charge is 0.123 e. The number of nitrogens with zero attached hydrogens (tertiary/aromatic N) is 1. The monoisotopic (exact) mass is 347 g/mol. The average Bonchev–Trinajstić information content (AvgIpc) is 2.41. The summed E-state index contributed by atoms with van der Waals surface area (Å²) >= 11 is 9.56. The predicted octanol–water partition coefficient (Wildman–Crippen LogP) is 3.33. The van der Waals surface area contributed by atoms with Gasteiger partial charge in [-0.2, -0.15) is 0 Å². The highest BCUT2D eigenvalue weighted by molar-refractivity contribution is 9.09. The molecule has 19 heavy (non-hydrogen) atoms. The molecule has 0 aromatic heterocycles. The summed E-state index contributed by atoms with van der Waals surface area (Å²) in [7, 11) is 1.69. The van der Waals surface area contributed by atoms with Gasteiger partial charge in [-0.25, -0.2) is 0 Å². The number of hydrogen-bond acceptors (Lipinski definition) is 3. The number of hydrogen-bond donors (Lipinski definition) is 0. The lowest BCUT2D eigenvalue weighted by Crippen LogP contribution is -2.48. The summed E-state index contributed by atoms with van der Waals surface area (Å²) in [6.07, 6.45) is 0.251. The lowest BCUT2D eigenvalue weighted by atomic mass is 10.1. The van der Waals surface area contributed by atoms with Gasteiger partial charge in [0.1, 0.15) is 5.75 Å². The number of alkyl halides is 1. The third kappa shape index (κ3) is 3.85. The zero-order valence-corrected chi connectivity index (χ0v) is 13.6. The number of benzene rings is 1. The molecule has 0 radical (unpaired) electrons. The van der Waals surface area contributed by atoms with Gasteiger partial charge in [0, 0.05) is 35.0 Å². The van der Waals surface area contributed by atoms with Crippen molar-refractivity contribution in [2.75, 3.05) is 25.6 Å². The van der Waals surface area contributed by atoms with Crippen LogP contribution in [0.5, 0.6) is 5.75 Å². The molecule has 1 aromatic carbocycles. The van der Waals surface area contributed by atoms with Crippen molar-refractivity contribution in [3.05, 3.63) is 28.8 Å². The second kappa shape index (κ2) is 6.93. The Morgan fingerprint density at radius 3 is 3.00 bits per heavy atom. The Hall–Kier alpha value is -0.290. The summed E-state index contributed by atoms with van der Waals surface area (Å²) in [6, 6.07) is 6.16. The van der Waals surface area contributed by atoms with E-state index < -0.39 is 0 Å². The lowest BCUT2D eigenvalue weighted by Gasteiger charge is -2.37. The van der Waals surface area contributed by atoms with E-state index in [1.807, 2.05) is 18.2 Å². The third-order valence-electron chi connectivity index (χ3n) is 3.42. The number of rotatable bonds is 4. The summed E-state index contributed by atoms with van der Waals surface area (Å²) in [5, 5.41) is 1.61. The molecule has 2 rings (SSSR count).